The van der Waals surface area contributed by atoms with Crippen molar-refractivity contribution >= 4 is 22.8 Å². The predicted octanol–water partition coefficient (Wildman–Crippen LogP) is 1.99. The Bertz CT molecular complexity index is 984. The van der Waals surface area contributed by atoms with Crippen molar-refractivity contribution in [3.05, 3.63) is 65.7 Å². The lowest BCUT2D eigenvalue weighted by Gasteiger charge is -2.15. The Hall–Kier alpha value is -3.39. The van der Waals surface area contributed by atoms with E-state index in [0.29, 0.717) is 22.3 Å². The maximum absolute atomic E-state index is 12.9. The molecule has 3 aromatic rings. The van der Waals surface area contributed by atoms with Crippen LogP contribution in [-0.4, -0.2) is 36.7 Å². The molecule has 3 rings (SSSR count). The van der Waals surface area contributed by atoms with Crippen LogP contribution < -0.4 is 15.4 Å². The van der Waals surface area contributed by atoms with Gasteiger partial charge in [-0.25, -0.2) is 4.39 Å². The summed E-state index contributed by atoms with van der Waals surface area (Å²) in [5.41, 5.74) is 1.10. The van der Waals surface area contributed by atoms with E-state index in [2.05, 4.69) is 10.6 Å². The van der Waals surface area contributed by atoms with Gasteiger partial charge in [-0.3, -0.25) is 9.59 Å². The van der Waals surface area contributed by atoms with Crippen LogP contribution in [0.2, 0.25) is 0 Å². The number of rotatable bonds is 7. The Morgan fingerprint density at radius 2 is 1.96 bits per heavy atom. The van der Waals surface area contributed by atoms with Crippen molar-refractivity contribution in [1.82, 2.24) is 10.6 Å². The highest BCUT2D eigenvalue weighted by molar-refractivity contribution is 5.99. The van der Waals surface area contributed by atoms with Crippen LogP contribution in [0.5, 0.6) is 5.75 Å². The summed E-state index contributed by atoms with van der Waals surface area (Å²) in [5, 5.41) is 15.2. The summed E-state index contributed by atoms with van der Waals surface area (Å²) >= 11 is 0. The standard InChI is InChI=1S/C20H19FN2O5/c1-27-16-4-2-3-13-9-17(28-18(13)16)20(26)23-15(11-24)19(25)22-10-12-5-7-14(21)8-6-12/h2-9,15,24H,10-11H2,1H3,(H,22,25)(H,23,26)/t15-/m0/s1. The van der Waals surface area contributed by atoms with Crippen molar-refractivity contribution in [2.45, 2.75) is 12.6 Å². The number of fused-ring (bicyclic) bond motifs is 1. The van der Waals surface area contributed by atoms with E-state index in [1.54, 1.807) is 18.2 Å². The molecule has 1 heterocycles. The van der Waals surface area contributed by atoms with E-state index >= 15 is 0 Å². The zero-order chi connectivity index (χ0) is 20.1. The van der Waals surface area contributed by atoms with Gasteiger partial charge < -0.3 is 24.9 Å². The smallest absolute Gasteiger partial charge is 0.287 e. The van der Waals surface area contributed by atoms with Gasteiger partial charge in [-0.1, -0.05) is 24.3 Å². The first kappa shape index (κ1) is 19.4. The molecule has 0 spiro atoms. The molecule has 3 N–H and O–H groups in total. The quantitative estimate of drug-likeness (QED) is 0.577. The van der Waals surface area contributed by atoms with Crippen molar-refractivity contribution < 1.29 is 28.2 Å². The minimum atomic E-state index is -1.16. The Morgan fingerprint density at radius 1 is 1.21 bits per heavy atom. The highest BCUT2D eigenvalue weighted by Crippen LogP contribution is 2.28. The molecule has 0 aliphatic heterocycles. The van der Waals surface area contributed by atoms with Gasteiger partial charge in [0.2, 0.25) is 5.91 Å². The van der Waals surface area contributed by atoms with Crippen LogP contribution in [0.4, 0.5) is 4.39 Å². The van der Waals surface area contributed by atoms with E-state index in [1.165, 1.54) is 37.4 Å². The molecule has 0 aliphatic carbocycles. The van der Waals surface area contributed by atoms with Crippen molar-refractivity contribution in [3.8, 4) is 5.75 Å². The van der Waals surface area contributed by atoms with Crippen molar-refractivity contribution in [2.75, 3.05) is 13.7 Å². The van der Waals surface area contributed by atoms with Crippen molar-refractivity contribution in [1.29, 1.82) is 0 Å². The van der Waals surface area contributed by atoms with Gasteiger partial charge in [0, 0.05) is 11.9 Å². The first-order chi connectivity index (χ1) is 13.5. The van der Waals surface area contributed by atoms with Gasteiger partial charge in [0.25, 0.3) is 5.91 Å². The third-order valence-corrected chi connectivity index (χ3v) is 4.14. The number of aliphatic hydroxyl groups excluding tert-OH is 1. The molecule has 0 saturated carbocycles. The largest absolute Gasteiger partial charge is 0.493 e. The summed E-state index contributed by atoms with van der Waals surface area (Å²) in [6.45, 7) is -0.460. The lowest BCUT2D eigenvalue weighted by molar-refractivity contribution is -0.124. The summed E-state index contributed by atoms with van der Waals surface area (Å²) in [7, 11) is 1.49. The molecule has 0 saturated heterocycles. The predicted molar refractivity (Wildman–Crippen MR) is 99.4 cm³/mol. The zero-order valence-electron chi connectivity index (χ0n) is 15.1. The molecule has 0 unspecified atom stereocenters. The van der Waals surface area contributed by atoms with E-state index < -0.39 is 24.5 Å². The van der Waals surface area contributed by atoms with Crippen LogP contribution in [0.25, 0.3) is 11.0 Å². The van der Waals surface area contributed by atoms with Crippen LogP contribution in [0, 0.1) is 5.82 Å². The van der Waals surface area contributed by atoms with Gasteiger partial charge in [0.1, 0.15) is 11.9 Å². The zero-order valence-corrected chi connectivity index (χ0v) is 15.1. The van der Waals surface area contributed by atoms with E-state index in [4.69, 9.17) is 9.15 Å². The van der Waals surface area contributed by atoms with E-state index in [9.17, 15) is 19.1 Å². The van der Waals surface area contributed by atoms with Crippen molar-refractivity contribution in [3.63, 3.8) is 0 Å². The number of carbonyl (C=O) groups is 2. The van der Waals surface area contributed by atoms with Gasteiger partial charge in [0.15, 0.2) is 17.1 Å². The first-order valence-corrected chi connectivity index (χ1v) is 8.52. The van der Waals surface area contributed by atoms with E-state index in [0.717, 1.165) is 0 Å². The number of aliphatic hydroxyl groups is 1. The van der Waals surface area contributed by atoms with Gasteiger partial charge in [-0.05, 0) is 29.8 Å². The molecule has 8 heteroatoms. The summed E-state index contributed by atoms with van der Waals surface area (Å²) in [5.74, 6) is -1.13. The molecule has 1 aromatic heterocycles. The second-order valence-corrected chi connectivity index (χ2v) is 6.04. The number of halogens is 1. The van der Waals surface area contributed by atoms with E-state index in [1.807, 2.05) is 0 Å². The number of hydrogen-bond acceptors (Lipinski definition) is 5. The number of benzene rings is 2. The maximum atomic E-state index is 12.9. The molecule has 2 aromatic carbocycles. The molecular weight excluding hydrogens is 367 g/mol. The third-order valence-electron chi connectivity index (χ3n) is 4.14. The molecule has 28 heavy (non-hydrogen) atoms. The SMILES string of the molecule is COc1cccc2cc(C(=O)N[C@@H](CO)C(=O)NCc3ccc(F)cc3)oc12. The number of methoxy groups -OCH3 is 1. The Kier molecular flexibility index (Phi) is 5.90. The number of nitrogens with one attached hydrogen (secondary N) is 2. The van der Waals surface area contributed by atoms with Gasteiger partial charge in [-0.15, -0.1) is 0 Å². The van der Waals surface area contributed by atoms with Crippen LogP contribution in [0.15, 0.2) is 52.9 Å². The van der Waals surface area contributed by atoms with Gasteiger partial charge >= 0.3 is 0 Å². The summed E-state index contributed by atoms with van der Waals surface area (Å²) in [6, 6.07) is 11.2. The molecule has 0 bridgehead atoms. The van der Waals surface area contributed by atoms with Crippen LogP contribution in [-0.2, 0) is 11.3 Å². The van der Waals surface area contributed by atoms with E-state index in [-0.39, 0.29) is 18.1 Å². The first-order valence-electron chi connectivity index (χ1n) is 8.52. The summed E-state index contributed by atoms with van der Waals surface area (Å²) in [4.78, 5) is 24.7. The Balaban J connectivity index is 1.65. The number of hydrogen-bond donors (Lipinski definition) is 3. The van der Waals surface area contributed by atoms with Gasteiger partial charge in [-0.2, -0.15) is 0 Å². The molecule has 2 amide bonds. The highest BCUT2D eigenvalue weighted by atomic mass is 19.1. The maximum Gasteiger partial charge on any atom is 0.287 e. The fraction of sp³-hybridized carbons (Fsp3) is 0.200. The minimum absolute atomic E-state index is 0.00992. The van der Waals surface area contributed by atoms with Crippen LogP contribution in [0.3, 0.4) is 0 Å². The molecule has 0 radical (unpaired) electrons. The lowest BCUT2D eigenvalue weighted by Crippen LogP contribution is -2.48. The monoisotopic (exact) mass is 386 g/mol. The average molecular weight is 386 g/mol. The number of ether oxygens (including phenoxy) is 1. The minimum Gasteiger partial charge on any atom is -0.493 e. The fourth-order valence-corrected chi connectivity index (χ4v) is 2.65. The summed E-state index contributed by atoms with van der Waals surface area (Å²) in [6.07, 6.45) is 0. The number of furan rings is 1. The third kappa shape index (κ3) is 4.29. The second kappa shape index (κ2) is 8.53. The number of amides is 2. The molecule has 0 fully saturated rings. The molecule has 7 nitrogen and oxygen atoms in total. The van der Waals surface area contributed by atoms with Gasteiger partial charge in [0.05, 0.1) is 13.7 Å². The van der Waals surface area contributed by atoms with Crippen LogP contribution in [0.1, 0.15) is 16.1 Å². The normalized spacial score (nSPS) is 11.8. The fourth-order valence-electron chi connectivity index (χ4n) is 2.65. The lowest BCUT2D eigenvalue weighted by atomic mass is 10.2. The van der Waals surface area contributed by atoms with Crippen LogP contribution >= 0.6 is 0 Å². The molecule has 0 aliphatic rings. The molecular formula is C20H19FN2O5. The second-order valence-electron chi connectivity index (χ2n) is 6.04. The number of para-hydroxylation sites is 1. The topological polar surface area (TPSA) is 101 Å². The Morgan fingerprint density at radius 3 is 2.64 bits per heavy atom. The summed E-state index contributed by atoms with van der Waals surface area (Å²) < 4.78 is 23.6. The van der Waals surface area contributed by atoms with Crippen molar-refractivity contribution in [2.24, 2.45) is 0 Å². The highest BCUT2D eigenvalue weighted by Gasteiger charge is 2.23. The average Bonchev–Trinajstić information content (AvgIpc) is 3.15. The number of carbonyl (C=O) groups excluding carboxylic acids is 2. The molecule has 1 atom stereocenters. The Labute approximate surface area is 160 Å². The molecule has 146 valence electrons.